The summed E-state index contributed by atoms with van der Waals surface area (Å²) in [6, 6.07) is 6.42. The summed E-state index contributed by atoms with van der Waals surface area (Å²) in [4.78, 5) is 2.37. The van der Waals surface area contributed by atoms with Crippen LogP contribution in [0.5, 0.6) is 5.75 Å². The molecule has 1 saturated carbocycles. The minimum Gasteiger partial charge on any atom is -0.428 e. The molecule has 1 aliphatic heterocycles. The van der Waals surface area contributed by atoms with Gasteiger partial charge >= 0.3 is 12.5 Å². The highest BCUT2D eigenvalue weighted by atomic mass is 19.3. The van der Waals surface area contributed by atoms with Gasteiger partial charge in [0.05, 0.1) is 0 Å². The van der Waals surface area contributed by atoms with Crippen LogP contribution in [0.1, 0.15) is 37.3 Å². The van der Waals surface area contributed by atoms with Crippen LogP contribution >= 0.6 is 0 Å². The summed E-state index contributed by atoms with van der Waals surface area (Å²) in [5.74, 6) is 0.255. The number of nitrogens with zero attached hydrogens (tertiary/aromatic N) is 1. The lowest BCUT2D eigenvalue weighted by atomic mass is 9.89. The zero-order chi connectivity index (χ0) is 17.9. The van der Waals surface area contributed by atoms with Crippen molar-refractivity contribution in [3.8, 4) is 5.75 Å². The molecule has 0 unspecified atom stereocenters. The van der Waals surface area contributed by atoms with Gasteiger partial charge in [0, 0.05) is 32.2 Å². The van der Waals surface area contributed by atoms with E-state index in [1.165, 1.54) is 25.0 Å². The summed E-state index contributed by atoms with van der Waals surface area (Å²) in [5.41, 5.74) is 0.872. The molecule has 1 saturated heterocycles. The number of hydrogen-bond donors (Lipinski definition) is 1. The molecule has 140 valence electrons. The molecular weight excluding hydrogens is 336 g/mol. The molecule has 1 aromatic carbocycles. The van der Waals surface area contributed by atoms with Gasteiger partial charge in [-0.15, -0.1) is 0 Å². The van der Waals surface area contributed by atoms with Crippen molar-refractivity contribution in [2.45, 2.75) is 44.3 Å². The molecule has 1 atom stereocenters. The summed E-state index contributed by atoms with van der Waals surface area (Å²) in [5, 5.41) is 3.32. The Morgan fingerprint density at radius 3 is 2.44 bits per heavy atom. The molecule has 1 aromatic rings. The Balaban J connectivity index is 1.83. The number of alkyl halides is 4. The first-order valence-corrected chi connectivity index (χ1v) is 8.87. The van der Waals surface area contributed by atoms with Crippen molar-refractivity contribution in [2.24, 2.45) is 5.92 Å². The van der Waals surface area contributed by atoms with Crippen LogP contribution < -0.4 is 10.1 Å². The molecule has 0 spiro atoms. The van der Waals surface area contributed by atoms with Crippen molar-refractivity contribution in [3.05, 3.63) is 29.8 Å². The van der Waals surface area contributed by atoms with E-state index in [4.69, 9.17) is 0 Å². The number of nitrogens with one attached hydrogen (secondary N) is 1. The zero-order valence-corrected chi connectivity index (χ0v) is 14.1. The van der Waals surface area contributed by atoms with E-state index >= 15 is 0 Å². The highest BCUT2D eigenvalue weighted by Crippen LogP contribution is 2.41. The van der Waals surface area contributed by atoms with E-state index in [0.29, 0.717) is 5.92 Å². The number of halogens is 4. The fourth-order valence-corrected chi connectivity index (χ4v) is 3.98. The Kier molecular flexibility index (Phi) is 5.84. The van der Waals surface area contributed by atoms with Gasteiger partial charge in [-0.25, -0.2) is 0 Å². The topological polar surface area (TPSA) is 24.5 Å². The Bertz CT molecular complexity index is 558. The summed E-state index contributed by atoms with van der Waals surface area (Å²) in [6.45, 7) is 3.56. The van der Waals surface area contributed by atoms with Crippen LogP contribution in [0.3, 0.4) is 0 Å². The lowest BCUT2D eigenvalue weighted by Gasteiger charge is -2.38. The van der Waals surface area contributed by atoms with E-state index < -0.39 is 12.5 Å². The quantitative estimate of drug-likeness (QED) is 0.775. The van der Waals surface area contributed by atoms with Gasteiger partial charge < -0.3 is 10.1 Å². The average Bonchev–Trinajstić information content (AvgIpc) is 3.10. The molecule has 2 fully saturated rings. The van der Waals surface area contributed by atoms with E-state index in [1.54, 1.807) is 6.07 Å². The van der Waals surface area contributed by atoms with Crippen molar-refractivity contribution < 1.29 is 22.3 Å². The second-order valence-electron chi connectivity index (χ2n) is 6.81. The van der Waals surface area contributed by atoms with E-state index in [-0.39, 0.29) is 11.8 Å². The first-order chi connectivity index (χ1) is 12.0. The highest BCUT2D eigenvalue weighted by molar-refractivity contribution is 5.31. The van der Waals surface area contributed by atoms with Crippen LogP contribution in [-0.2, 0) is 0 Å². The maximum Gasteiger partial charge on any atom is 0.461 e. The second-order valence-corrected chi connectivity index (χ2v) is 6.81. The maximum absolute atomic E-state index is 13.2. The van der Waals surface area contributed by atoms with Crippen LogP contribution in [0, 0.1) is 5.92 Å². The van der Waals surface area contributed by atoms with Crippen molar-refractivity contribution >= 4 is 0 Å². The van der Waals surface area contributed by atoms with Crippen molar-refractivity contribution in [3.63, 3.8) is 0 Å². The highest BCUT2D eigenvalue weighted by Gasteiger charge is 2.44. The number of hydrogen-bond acceptors (Lipinski definition) is 3. The van der Waals surface area contributed by atoms with Gasteiger partial charge in [-0.05, 0) is 36.5 Å². The Morgan fingerprint density at radius 1 is 1.12 bits per heavy atom. The number of piperazine rings is 1. The Morgan fingerprint density at radius 2 is 1.80 bits per heavy atom. The van der Waals surface area contributed by atoms with Crippen molar-refractivity contribution in [2.75, 3.05) is 26.2 Å². The predicted molar refractivity (Wildman–Crippen MR) is 87.2 cm³/mol. The van der Waals surface area contributed by atoms with Gasteiger partial charge in [-0.1, -0.05) is 25.0 Å². The second kappa shape index (κ2) is 7.91. The van der Waals surface area contributed by atoms with Gasteiger partial charge in [-0.3, -0.25) is 4.90 Å². The first-order valence-electron chi connectivity index (χ1n) is 8.87. The summed E-state index contributed by atoms with van der Waals surface area (Å²) >= 11 is 0. The third-order valence-electron chi connectivity index (χ3n) is 5.10. The largest absolute Gasteiger partial charge is 0.461 e. The molecule has 25 heavy (non-hydrogen) atoms. The van der Waals surface area contributed by atoms with Crippen LogP contribution in [0.2, 0.25) is 0 Å². The fraction of sp³-hybridized carbons (Fsp3) is 0.667. The molecule has 0 radical (unpaired) electrons. The smallest absolute Gasteiger partial charge is 0.428 e. The van der Waals surface area contributed by atoms with Gasteiger partial charge in [0.15, 0.2) is 0 Å². The lowest BCUT2D eigenvalue weighted by Crippen LogP contribution is -2.46. The van der Waals surface area contributed by atoms with Gasteiger partial charge in [-0.2, -0.15) is 17.6 Å². The number of benzene rings is 1. The molecule has 7 heteroatoms. The van der Waals surface area contributed by atoms with Crippen LogP contribution in [-0.4, -0.2) is 43.6 Å². The standard InChI is InChI=1S/C18H24F4N2O/c19-17(20)18(21,22)25-15-7-3-6-14(12-15)16(13-4-1-2-5-13)24-10-8-23-9-11-24/h3,6-7,12-13,16-17,23H,1-2,4-5,8-11H2/t16-/m0/s1. The van der Waals surface area contributed by atoms with Crippen molar-refractivity contribution in [1.29, 1.82) is 0 Å². The summed E-state index contributed by atoms with van der Waals surface area (Å²) in [6.07, 6.45) is -3.77. The first kappa shape index (κ1) is 18.5. The van der Waals surface area contributed by atoms with Crippen molar-refractivity contribution in [1.82, 2.24) is 10.2 Å². The van der Waals surface area contributed by atoms with Crippen LogP contribution in [0.25, 0.3) is 0 Å². The minimum absolute atomic E-state index is 0.119. The normalized spacial score (nSPS) is 21.6. The molecule has 1 aliphatic carbocycles. The van der Waals surface area contributed by atoms with E-state index in [1.807, 2.05) is 6.07 Å². The third-order valence-corrected chi connectivity index (χ3v) is 5.10. The van der Waals surface area contributed by atoms with E-state index in [9.17, 15) is 17.6 Å². The molecule has 2 aliphatic rings. The van der Waals surface area contributed by atoms with Gasteiger partial charge in [0.25, 0.3) is 0 Å². The molecule has 1 heterocycles. The summed E-state index contributed by atoms with van der Waals surface area (Å²) in [7, 11) is 0. The SMILES string of the molecule is FC(F)C(F)(F)Oc1cccc([C@H](C2CCCC2)N2CCNCC2)c1. The molecule has 0 aromatic heterocycles. The number of rotatable bonds is 6. The zero-order valence-electron chi connectivity index (χ0n) is 14.1. The monoisotopic (exact) mass is 360 g/mol. The molecule has 3 rings (SSSR count). The van der Waals surface area contributed by atoms with Crippen LogP contribution in [0.15, 0.2) is 24.3 Å². The van der Waals surface area contributed by atoms with Gasteiger partial charge in [0.2, 0.25) is 0 Å². The molecule has 3 nitrogen and oxygen atoms in total. The number of ether oxygens (including phenoxy) is 1. The third kappa shape index (κ3) is 4.44. The Labute approximate surface area is 145 Å². The fourth-order valence-electron chi connectivity index (χ4n) is 3.98. The molecule has 0 bridgehead atoms. The van der Waals surface area contributed by atoms with Gasteiger partial charge in [0.1, 0.15) is 5.75 Å². The van der Waals surface area contributed by atoms with Crippen LogP contribution in [0.4, 0.5) is 17.6 Å². The average molecular weight is 360 g/mol. The summed E-state index contributed by atoms with van der Waals surface area (Å²) < 4.78 is 55.6. The Hall–Kier alpha value is -1.34. The van der Waals surface area contributed by atoms with E-state index in [2.05, 4.69) is 15.0 Å². The lowest BCUT2D eigenvalue weighted by molar-refractivity contribution is -0.253. The molecule has 1 N–H and O–H groups in total. The molecular formula is C18H24F4N2O. The maximum atomic E-state index is 13.2. The molecule has 0 amide bonds. The predicted octanol–water partition coefficient (Wildman–Crippen LogP) is 4.06. The minimum atomic E-state index is -4.48. The van der Waals surface area contributed by atoms with E-state index in [0.717, 1.165) is 44.6 Å².